The average Bonchev–Trinajstić information content (AvgIpc) is 2.81. The van der Waals surface area contributed by atoms with Gasteiger partial charge in [0.2, 0.25) is 0 Å². The molecule has 0 saturated carbocycles. The van der Waals surface area contributed by atoms with Gasteiger partial charge in [-0.1, -0.05) is 0 Å². The molecular formula is C11H11AlB4N4O. The van der Waals surface area contributed by atoms with E-state index < -0.39 is 0 Å². The van der Waals surface area contributed by atoms with Crippen molar-refractivity contribution in [3.63, 3.8) is 0 Å². The monoisotopic (exact) mass is 286 g/mol. The van der Waals surface area contributed by atoms with Gasteiger partial charge in [-0.05, 0) is 0 Å². The van der Waals surface area contributed by atoms with E-state index in [-0.39, 0.29) is 20.9 Å². The summed E-state index contributed by atoms with van der Waals surface area (Å²) in [5.74, 6) is 2.13. The molecule has 1 N–H and O–H groups in total. The predicted octanol–water partition coefficient (Wildman–Crippen LogP) is -2.26. The van der Waals surface area contributed by atoms with Crippen LogP contribution in [0.25, 0.3) is 0 Å². The van der Waals surface area contributed by atoms with Gasteiger partial charge in [0.15, 0.2) is 0 Å². The molecule has 1 heterocycles. The van der Waals surface area contributed by atoms with Gasteiger partial charge in [-0.15, -0.1) is 0 Å². The summed E-state index contributed by atoms with van der Waals surface area (Å²) < 4.78 is 4.17. The van der Waals surface area contributed by atoms with Crippen LogP contribution in [0.2, 0.25) is 6.22 Å². The van der Waals surface area contributed by atoms with Crippen LogP contribution < -0.4 is 4.30 Å². The Labute approximate surface area is 134 Å². The molecule has 1 aromatic rings. The normalized spacial score (nSPS) is 8.90. The zero-order valence-electron chi connectivity index (χ0n) is 11.8. The fourth-order valence-corrected chi connectivity index (χ4v) is 1.87. The molecule has 1 amide bonds. The number of hydrogen-bond acceptors (Lipinski definition) is 3. The second-order valence-electron chi connectivity index (χ2n) is 4.01. The fraction of sp³-hybridized carbons (Fsp3) is 0.182. The summed E-state index contributed by atoms with van der Waals surface area (Å²) in [4.78, 5) is 15.5. The molecule has 5 nitrogen and oxygen atoms in total. The molecule has 0 fully saturated rings. The van der Waals surface area contributed by atoms with Gasteiger partial charge in [0.1, 0.15) is 0 Å². The molecule has 4 radical (unpaired) electrons. The summed E-state index contributed by atoms with van der Waals surface area (Å²) in [5.41, 5.74) is 1.28. The Kier molecular flexibility index (Phi) is 7.32. The van der Waals surface area contributed by atoms with Crippen LogP contribution in [0.5, 0.6) is 0 Å². The summed E-state index contributed by atoms with van der Waals surface area (Å²) in [6, 6.07) is 1.63. The van der Waals surface area contributed by atoms with Crippen molar-refractivity contribution < 1.29 is 4.79 Å². The van der Waals surface area contributed by atoms with Crippen LogP contribution >= 0.6 is 0 Å². The number of amides is 1. The number of aliphatic imine (C=N–C) groups is 1. The van der Waals surface area contributed by atoms with Gasteiger partial charge in [-0.2, -0.15) is 0 Å². The van der Waals surface area contributed by atoms with E-state index in [9.17, 15) is 4.79 Å². The van der Waals surface area contributed by atoms with Crippen molar-refractivity contribution in [1.82, 2.24) is 14.1 Å². The van der Waals surface area contributed by atoms with Gasteiger partial charge >= 0.3 is 134 Å². The summed E-state index contributed by atoms with van der Waals surface area (Å²) in [6.07, 6.45) is 0.490. The van der Waals surface area contributed by atoms with Crippen molar-refractivity contribution in [3.05, 3.63) is 24.0 Å². The Morgan fingerprint density at radius 2 is 2.33 bits per heavy atom. The third-order valence-corrected chi connectivity index (χ3v) is 2.98. The van der Waals surface area contributed by atoms with Crippen molar-refractivity contribution in [2.75, 3.05) is 0 Å². The van der Waals surface area contributed by atoms with Crippen molar-refractivity contribution in [3.8, 4) is 0 Å². The molecule has 1 aromatic heterocycles. The van der Waals surface area contributed by atoms with E-state index in [1.165, 1.54) is 4.68 Å². The number of nitrogens with zero attached hydrogens (tertiary/aromatic N) is 3. The quantitative estimate of drug-likeness (QED) is 0.433. The second kappa shape index (κ2) is 8.74. The number of aromatic nitrogens is 2. The molecule has 0 aliphatic carbocycles. The van der Waals surface area contributed by atoms with Gasteiger partial charge < -0.3 is 0 Å². The van der Waals surface area contributed by atoms with E-state index in [1.807, 2.05) is 0 Å². The van der Waals surface area contributed by atoms with Crippen LogP contribution in [-0.4, -0.2) is 82.3 Å². The van der Waals surface area contributed by atoms with E-state index in [4.69, 9.17) is 15.0 Å². The molecule has 0 aliphatic rings. The van der Waals surface area contributed by atoms with Crippen LogP contribution in [0.3, 0.4) is 0 Å². The first-order valence-electron chi connectivity index (χ1n) is 6.09. The Balaban J connectivity index is 2.65. The van der Waals surface area contributed by atoms with Crippen molar-refractivity contribution in [2.45, 2.75) is 6.22 Å². The van der Waals surface area contributed by atoms with Crippen LogP contribution in [0, 0.1) is 0 Å². The van der Waals surface area contributed by atoms with Crippen LogP contribution in [-0.2, 0) is 7.05 Å². The number of carbonyl (C=O) groups is 1. The number of hydrogen-bond donors (Lipinski definition) is 1. The Morgan fingerprint density at radius 3 is 2.95 bits per heavy atom. The third-order valence-electron chi connectivity index (χ3n) is 2.51. The maximum atomic E-state index is 11.8. The zero-order chi connectivity index (χ0) is 15.8. The van der Waals surface area contributed by atoms with Gasteiger partial charge in [-0.25, -0.2) is 0 Å². The number of nitrogens with one attached hydrogen (secondary N) is 1. The van der Waals surface area contributed by atoms with Crippen molar-refractivity contribution in [1.29, 1.82) is 0 Å². The molecule has 0 aliphatic heterocycles. The average molecular weight is 285 g/mol. The summed E-state index contributed by atoms with van der Waals surface area (Å²) in [6.45, 7) is 3.33. The summed E-state index contributed by atoms with van der Waals surface area (Å²) in [7, 11) is 16.6. The Morgan fingerprint density at radius 1 is 1.62 bits per heavy atom. The molecule has 0 saturated heterocycles. The summed E-state index contributed by atoms with van der Waals surface area (Å²) in [5, 5.41) is 8.30. The van der Waals surface area contributed by atoms with E-state index >= 15 is 0 Å². The van der Waals surface area contributed by atoms with E-state index in [0.717, 1.165) is 0 Å². The fourth-order valence-electron chi connectivity index (χ4n) is 1.54. The summed E-state index contributed by atoms with van der Waals surface area (Å²) >= 11 is -0.365. The molecular weight excluding hydrogens is 274 g/mol. The third kappa shape index (κ3) is 5.43. The molecule has 0 unspecified atom stereocenters. The topological polar surface area (TPSA) is 59.3 Å². The van der Waals surface area contributed by atoms with Gasteiger partial charge in [-0.3, -0.25) is 0 Å². The molecule has 0 atom stereocenters. The van der Waals surface area contributed by atoms with Crippen LogP contribution in [0.15, 0.2) is 17.6 Å². The molecule has 21 heavy (non-hydrogen) atoms. The molecule has 0 aromatic carbocycles. The molecule has 10 heteroatoms. The van der Waals surface area contributed by atoms with Crippen molar-refractivity contribution >= 4 is 72.5 Å². The first-order chi connectivity index (χ1) is 9.99. The van der Waals surface area contributed by atoms with E-state index in [2.05, 4.69) is 32.2 Å². The number of carbonyl (C=O) groups excluding carboxylic acids is 1. The van der Waals surface area contributed by atoms with Gasteiger partial charge in [0.25, 0.3) is 0 Å². The van der Waals surface area contributed by atoms with Crippen LogP contribution in [0.4, 0.5) is 0 Å². The first kappa shape index (κ1) is 17.6. The Bertz CT molecular complexity index is 636. The first-order valence-corrected chi connectivity index (χ1v) is 7.49. The van der Waals surface area contributed by atoms with Gasteiger partial charge in [0.05, 0.1) is 0 Å². The predicted molar refractivity (Wildman–Crippen MR) is 93.6 cm³/mol. The zero-order valence-corrected chi connectivity index (χ0v) is 13.0. The Hall–Kier alpha value is -1.47. The molecule has 1 rings (SSSR count). The minimum atomic E-state index is -0.365. The SMILES string of the molecule is [B]=C([B]C[B]C(=[B])c1cc(C(=O)[NH][Al]=[CH2])n(C)n1)N=C=C. The maximum absolute atomic E-state index is 11.8. The van der Waals surface area contributed by atoms with Crippen molar-refractivity contribution in [2.24, 2.45) is 12.0 Å². The van der Waals surface area contributed by atoms with E-state index in [1.54, 1.807) is 27.7 Å². The van der Waals surface area contributed by atoms with E-state index in [0.29, 0.717) is 28.5 Å². The standard InChI is InChI=1S/C10H10B4N4O.CH2.Al/c1-3-16-10(12)14-5-13-8(11)6-4-7(9(15)19)18(2)17-6;;/h4H,1,5H2,2H3,(H2,15,19);1H2;/q;;+1/p-1. The molecule has 0 bridgehead atoms. The van der Waals surface area contributed by atoms with Crippen LogP contribution in [0.1, 0.15) is 16.2 Å². The number of aryl methyl sites for hydroxylation is 1. The number of rotatable bonds is 8. The molecule has 0 spiro atoms. The molecule has 96 valence electrons. The minimum absolute atomic E-state index is 0.210. The van der Waals surface area contributed by atoms with Gasteiger partial charge in [0, 0.05) is 0 Å². The second-order valence-corrected chi connectivity index (χ2v) is 4.71.